The number of hydrogen-bond acceptors (Lipinski definition) is 3. The lowest BCUT2D eigenvalue weighted by atomic mass is 10.0. The number of rotatable bonds is 6. The van der Waals surface area contributed by atoms with Crippen LogP contribution >= 0.6 is 0 Å². The zero-order valence-corrected chi connectivity index (χ0v) is 15.5. The highest BCUT2D eigenvalue weighted by atomic mass is 16.5. The molecule has 0 bridgehead atoms. The molecule has 0 aromatic heterocycles. The van der Waals surface area contributed by atoms with E-state index in [4.69, 9.17) is 4.74 Å². The van der Waals surface area contributed by atoms with Gasteiger partial charge in [-0.3, -0.25) is 4.79 Å². The van der Waals surface area contributed by atoms with Crippen molar-refractivity contribution in [1.29, 1.82) is 0 Å². The zero-order valence-electron chi connectivity index (χ0n) is 15.5. The fourth-order valence-corrected chi connectivity index (χ4v) is 2.77. The van der Waals surface area contributed by atoms with Crippen molar-refractivity contribution in [2.45, 2.75) is 13.8 Å². The Hall–Kier alpha value is -3.40. The van der Waals surface area contributed by atoms with E-state index in [1.807, 2.05) is 74.5 Å². The Kier molecular flexibility index (Phi) is 6.00. The second-order valence-electron chi connectivity index (χ2n) is 6.29. The van der Waals surface area contributed by atoms with Gasteiger partial charge >= 0.3 is 0 Å². The average Bonchev–Trinajstić information content (AvgIpc) is 2.69. The van der Waals surface area contributed by atoms with Crippen molar-refractivity contribution in [3.63, 3.8) is 0 Å². The monoisotopic (exact) mass is 358 g/mol. The minimum atomic E-state index is -0.296. The van der Waals surface area contributed by atoms with Gasteiger partial charge in [-0.2, -0.15) is 5.10 Å². The number of nitrogens with zero attached hydrogens (tertiary/aromatic N) is 1. The first kappa shape index (κ1) is 18.4. The third kappa shape index (κ3) is 5.05. The highest BCUT2D eigenvalue weighted by molar-refractivity contribution is 5.83. The summed E-state index contributed by atoms with van der Waals surface area (Å²) >= 11 is 0. The first-order valence-corrected chi connectivity index (χ1v) is 8.80. The van der Waals surface area contributed by atoms with Crippen LogP contribution in [0.1, 0.15) is 16.7 Å². The van der Waals surface area contributed by atoms with Crippen LogP contribution in [0.25, 0.3) is 11.1 Å². The van der Waals surface area contributed by atoms with Gasteiger partial charge in [-0.25, -0.2) is 5.43 Å². The fraction of sp³-hybridized carbons (Fsp3) is 0.130. The van der Waals surface area contributed by atoms with Gasteiger partial charge in [0.15, 0.2) is 6.61 Å². The number of aryl methyl sites for hydroxylation is 2. The number of benzene rings is 3. The molecule has 0 atom stereocenters. The Bertz CT molecular complexity index is 912. The molecule has 4 heteroatoms. The number of ether oxygens (including phenoxy) is 1. The Morgan fingerprint density at radius 3 is 2.19 bits per heavy atom. The highest BCUT2D eigenvalue weighted by Crippen LogP contribution is 2.22. The van der Waals surface area contributed by atoms with Crippen molar-refractivity contribution in [3.05, 3.63) is 89.5 Å². The summed E-state index contributed by atoms with van der Waals surface area (Å²) in [4.78, 5) is 11.9. The van der Waals surface area contributed by atoms with Crippen LogP contribution in [0.2, 0.25) is 0 Å². The predicted molar refractivity (Wildman–Crippen MR) is 109 cm³/mol. The van der Waals surface area contributed by atoms with Gasteiger partial charge in [-0.05, 0) is 41.7 Å². The summed E-state index contributed by atoms with van der Waals surface area (Å²) in [5, 5.41) is 4.00. The summed E-state index contributed by atoms with van der Waals surface area (Å²) in [7, 11) is 0. The normalized spacial score (nSPS) is 10.7. The molecule has 0 spiro atoms. The molecular formula is C23H22N2O2. The molecular weight excluding hydrogens is 336 g/mol. The molecule has 136 valence electrons. The molecule has 0 aliphatic heterocycles. The van der Waals surface area contributed by atoms with Crippen LogP contribution in [-0.4, -0.2) is 18.7 Å². The van der Waals surface area contributed by atoms with E-state index < -0.39 is 0 Å². The second-order valence-corrected chi connectivity index (χ2v) is 6.29. The maximum absolute atomic E-state index is 11.9. The third-order valence-corrected chi connectivity index (χ3v) is 4.18. The molecule has 0 aliphatic carbocycles. The van der Waals surface area contributed by atoms with Gasteiger partial charge in [-0.1, -0.05) is 72.8 Å². The molecule has 0 saturated carbocycles. The lowest BCUT2D eigenvalue weighted by Gasteiger charge is -2.10. The van der Waals surface area contributed by atoms with E-state index in [0.29, 0.717) is 0 Å². The first-order chi connectivity index (χ1) is 13.1. The average molecular weight is 358 g/mol. The lowest BCUT2D eigenvalue weighted by Crippen LogP contribution is -2.25. The molecule has 0 saturated heterocycles. The molecule has 3 aromatic rings. The van der Waals surface area contributed by atoms with Gasteiger partial charge in [0.05, 0.1) is 6.21 Å². The summed E-state index contributed by atoms with van der Waals surface area (Å²) < 4.78 is 5.61. The van der Waals surface area contributed by atoms with Crippen LogP contribution in [0.15, 0.2) is 77.9 Å². The van der Waals surface area contributed by atoms with E-state index in [-0.39, 0.29) is 12.5 Å². The van der Waals surface area contributed by atoms with Gasteiger partial charge < -0.3 is 4.74 Å². The molecule has 0 heterocycles. The largest absolute Gasteiger partial charge is 0.483 e. The van der Waals surface area contributed by atoms with Crippen LogP contribution in [0.5, 0.6) is 5.75 Å². The zero-order chi connectivity index (χ0) is 19.1. The molecule has 0 unspecified atom stereocenters. The number of nitrogens with one attached hydrogen (secondary N) is 1. The predicted octanol–water partition coefficient (Wildman–Crippen LogP) is 4.50. The number of hydrogen-bond donors (Lipinski definition) is 1. The third-order valence-electron chi connectivity index (χ3n) is 4.18. The van der Waals surface area contributed by atoms with Crippen LogP contribution in [0.3, 0.4) is 0 Å². The van der Waals surface area contributed by atoms with Crippen LogP contribution < -0.4 is 10.2 Å². The Morgan fingerprint density at radius 1 is 0.889 bits per heavy atom. The molecule has 1 amide bonds. The number of para-hydroxylation sites is 1. The van der Waals surface area contributed by atoms with E-state index in [1.54, 1.807) is 6.21 Å². The van der Waals surface area contributed by atoms with Gasteiger partial charge in [0, 0.05) is 0 Å². The summed E-state index contributed by atoms with van der Waals surface area (Å²) in [5.41, 5.74) is 7.71. The van der Waals surface area contributed by atoms with E-state index in [9.17, 15) is 4.79 Å². The van der Waals surface area contributed by atoms with Crippen molar-refractivity contribution in [1.82, 2.24) is 5.43 Å². The minimum absolute atomic E-state index is 0.0734. The van der Waals surface area contributed by atoms with E-state index in [1.165, 1.54) is 0 Å². The standard InChI is InChI=1S/C23H22N2O2/c1-17-7-6-8-18(2)23(17)27-16-22(26)25-24-15-19-11-13-21(14-12-19)20-9-4-3-5-10-20/h3-15H,16H2,1-2H3,(H,25,26)/b24-15+. The van der Waals surface area contributed by atoms with Crippen LogP contribution in [-0.2, 0) is 4.79 Å². The number of carbonyl (C=O) groups excluding carboxylic acids is 1. The van der Waals surface area contributed by atoms with Crippen LogP contribution in [0, 0.1) is 13.8 Å². The SMILES string of the molecule is Cc1cccc(C)c1OCC(=O)N/N=C/c1ccc(-c2ccccc2)cc1. The number of hydrazone groups is 1. The Morgan fingerprint density at radius 2 is 1.52 bits per heavy atom. The molecule has 4 nitrogen and oxygen atoms in total. The van der Waals surface area contributed by atoms with Gasteiger partial charge in [0.25, 0.3) is 5.91 Å². The quantitative estimate of drug-likeness (QED) is 0.521. The van der Waals surface area contributed by atoms with Gasteiger partial charge in [0.1, 0.15) is 5.75 Å². The summed E-state index contributed by atoms with van der Waals surface area (Å²) in [5.74, 6) is 0.447. The second kappa shape index (κ2) is 8.81. The van der Waals surface area contributed by atoms with Crippen molar-refractivity contribution in [3.8, 4) is 16.9 Å². The summed E-state index contributed by atoms with van der Waals surface area (Å²) in [6, 6.07) is 24.0. The smallest absolute Gasteiger partial charge is 0.277 e. The molecule has 0 radical (unpaired) electrons. The van der Waals surface area contributed by atoms with E-state index >= 15 is 0 Å². The fourth-order valence-electron chi connectivity index (χ4n) is 2.77. The van der Waals surface area contributed by atoms with Gasteiger partial charge in [0.2, 0.25) is 0 Å². The van der Waals surface area contributed by atoms with Crippen molar-refractivity contribution in [2.24, 2.45) is 5.10 Å². The maximum atomic E-state index is 11.9. The molecule has 3 aromatic carbocycles. The van der Waals surface area contributed by atoms with Crippen molar-refractivity contribution in [2.75, 3.05) is 6.61 Å². The minimum Gasteiger partial charge on any atom is -0.483 e. The topological polar surface area (TPSA) is 50.7 Å². The Labute approximate surface area is 159 Å². The van der Waals surface area contributed by atoms with E-state index in [2.05, 4.69) is 22.7 Å². The first-order valence-electron chi connectivity index (χ1n) is 8.80. The summed E-state index contributed by atoms with van der Waals surface area (Å²) in [6.07, 6.45) is 1.62. The molecule has 3 rings (SSSR count). The lowest BCUT2D eigenvalue weighted by molar-refractivity contribution is -0.123. The van der Waals surface area contributed by atoms with Crippen molar-refractivity contribution < 1.29 is 9.53 Å². The molecule has 1 N–H and O–H groups in total. The van der Waals surface area contributed by atoms with Crippen molar-refractivity contribution >= 4 is 12.1 Å². The maximum Gasteiger partial charge on any atom is 0.277 e. The number of carbonyl (C=O) groups is 1. The molecule has 0 aliphatic rings. The molecule has 27 heavy (non-hydrogen) atoms. The van der Waals surface area contributed by atoms with Gasteiger partial charge in [-0.15, -0.1) is 0 Å². The van der Waals surface area contributed by atoms with Crippen LogP contribution in [0.4, 0.5) is 0 Å². The number of amides is 1. The summed E-state index contributed by atoms with van der Waals surface area (Å²) in [6.45, 7) is 3.84. The van der Waals surface area contributed by atoms with E-state index in [0.717, 1.165) is 33.6 Å². The molecule has 0 fully saturated rings. The highest BCUT2D eigenvalue weighted by Gasteiger charge is 2.06. The Balaban J connectivity index is 1.52.